The van der Waals surface area contributed by atoms with Gasteiger partial charge in [0.15, 0.2) is 0 Å². The number of rotatable bonds is 8. The summed E-state index contributed by atoms with van der Waals surface area (Å²) < 4.78 is 13.2. The van der Waals surface area contributed by atoms with Crippen LogP contribution in [-0.4, -0.2) is 54.6 Å². The maximum atomic E-state index is 13.2. The van der Waals surface area contributed by atoms with Gasteiger partial charge in [-0.05, 0) is 41.9 Å². The fourth-order valence-corrected chi connectivity index (χ4v) is 3.91. The minimum Gasteiger partial charge on any atom is -0.312 e. The van der Waals surface area contributed by atoms with E-state index in [1.54, 1.807) is 12.1 Å². The molecule has 0 aliphatic carbocycles. The maximum Gasteiger partial charge on any atom is 0.123 e. The van der Waals surface area contributed by atoms with Crippen LogP contribution in [0.15, 0.2) is 66.9 Å². The number of halogens is 1. The molecule has 0 amide bonds. The monoisotopic (exact) mass is 418 g/mol. The van der Waals surface area contributed by atoms with E-state index in [0.29, 0.717) is 6.54 Å². The van der Waals surface area contributed by atoms with Crippen molar-refractivity contribution in [2.24, 2.45) is 0 Å². The van der Waals surface area contributed by atoms with Gasteiger partial charge in [0.1, 0.15) is 5.82 Å². The van der Waals surface area contributed by atoms with E-state index in [1.807, 2.05) is 12.3 Å². The maximum absolute atomic E-state index is 13.2. The molecule has 1 N–H and O–H groups in total. The van der Waals surface area contributed by atoms with Gasteiger partial charge in [-0.25, -0.2) is 4.39 Å². The van der Waals surface area contributed by atoms with Crippen LogP contribution in [0.3, 0.4) is 0 Å². The number of hydrogen-bond acceptors (Lipinski definition) is 4. The van der Waals surface area contributed by atoms with Gasteiger partial charge in [0.05, 0.1) is 0 Å². The van der Waals surface area contributed by atoms with Crippen molar-refractivity contribution in [3.05, 3.63) is 89.5 Å². The molecule has 5 heteroatoms. The standard InChI is InChI=1S/C26H31FN4/c1-30-13-15-31(16-14-30)20-21-5-7-23(8-6-21)24-9-10-26(29-19-24)11-12-28-18-22-3-2-4-25(27)17-22/h2-10,17,19,28H,11-16,18,20H2,1H3. The lowest BCUT2D eigenvalue weighted by Crippen LogP contribution is -2.43. The van der Waals surface area contributed by atoms with Crippen LogP contribution in [-0.2, 0) is 19.5 Å². The van der Waals surface area contributed by atoms with E-state index in [9.17, 15) is 4.39 Å². The predicted octanol–water partition coefficient (Wildman–Crippen LogP) is 3.97. The summed E-state index contributed by atoms with van der Waals surface area (Å²) in [6.45, 7) is 7.07. The number of nitrogens with zero attached hydrogens (tertiary/aromatic N) is 3. The zero-order valence-corrected chi connectivity index (χ0v) is 18.2. The molecule has 0 saturated carbocycles. The lowest BCUT2D eigenvalue weighted by Gasteiger charge is -2.32. The molecule has 0 radical (unpaired) electrons. The third kappa shape index (κ3) is 6.44. The molecule has 0 spiro atoms. The molecule has 2 heterocycles. The molecule has 1 aromatic heterocycles. The summed E-state index contributed by atoms with van der Waals surface area (Å²) in [7, 11) is 2.19. The Balaban J connectivity index is 1.24. The minimum atomic E-state index is -0.191. The van der Waals surface area contributed by atoms with Gasteiger partial charge >= 0.3 is 0 Å². The number of hydrogen-bond donors (Lipinski definition) is 1. The van der Waals surface area contributed by atoms with Crippen LogP contribution in [0.5, 0.6) is 0 Å². The Morgan fingerprint density at radius 3 is 2.39 bits per heavy atom. The molecule has 3 aromatic rings. The smallest absolute Gasteiger partial charge is 0.123 e. The second-order valence-corrected chi connectivity index (χ2v) is 8.37. The highest BCUT2D eigenvalue weighted by Crippen LogP contribution is 2.20. The first-order chi connectivity index (χ1) is 15.2. The Kier molecular flexibility index (Phi) is 7.41. The fraction of sp³-hybridized carbons (Fsp3) is 0.346. The summed E-state index contributed by atoms with van der Waals surface area (Å²) in [5, 5.41) is 3.35. The SMILES string of the molecule is CN1CCN(Cc2ccc(-c3ccc(CCNCc4cccc(F)c4)nc3)cc2)CC1. The first-order valence-corrected chi connectivity index (χ1v) is 11.1. The molecule has 0 bridgehead atoms. The fourth-order valence-electron chi connectivity index (χ4n) is 3.91. The zero-order chi connectivity index (χ0) is 21.5. The number of benzene rings is 2. The molecule has 162 valence electrons. The predicted molar refractivity (Wildman–Crippen MR) is 124 cm³/mol. The van der Waals surface area contributed by atoms with Crippen molar-refractivity contribution in [3.63, 3.8) is 0 Å². The van der Waals surface area contributed by atoms with E-state index < -0.39 is 0 Å². The van der Waals surface area contributed by atoms with E-state index in [4.69, 9.17) is 0 Å². The van der Waals surface area contributed by atoms with Crippen molar-refractivity contribution >= 4 is 0 Å². The molecule has 2 aromatic carbocycles. The van der Waals surface area contributed by atoms with Crippen molar-refractivity contribution in [1.29, 1.82) is 0 Å². The molecule has 4 rings (SSSR count). The number of piperazine rings is 1. The average Bonchev–Trinajstić information content (AvgIpc) is 2.79. The highest BCUT2D eigenvalue weighted by atomic mass is 19.1. The Morgan fingerprint density at radius 1 is 0.903 bits per heavy atom. The number of likely N-dealkylation sites (N-methyl/N-ethyl adjacent to an activating group) is 1. The number of nitrogens with one attached hydrogen (secondary N) is 1. The van der Waals surface area contributed by atoms with Gasteiger partial charge in [-0.2, -0.15) is 0 Å². The average molecular weight is 419 g/mol. The minimum absolute atomic E-state index is 0.191. The molecule has 4 nitrogen and oxygen atoms in total. The molecule has 1 fully saturated rings. The van der Waals surface area contributed by atoms with Gasteiger partial charge in [0.2, 0.25) is 0 Å². The van der Waals surface area contributed by atoms with E-state index in [-0.39, 0.29) is 5.82 Å². The number of aromatic nitrogens is 1. The van der Waals surface area contributed by atoms with Gasteiger partial charge in [-0.3, -0.25) is 9.88 Å². The van der Waals surface area contributed by atoms with Gasteiger partial charge in [-0.15, -0.1) is 0 Å². The summed E-state index contributed by atoms with van der Waals surface area (Å²) >= 11 is 0. The van der Waals surface area contributed by atoms with E-state index in [1.165, 1.54) is 17.2 Å². The largest absolute Gasteiger partial charge is 0.312 e. The van der Waals surface area contributed by atoms with Crippen LogP contribution in [0, 0.1) is 5.82 Å². The summed E-state index contributed by atoms with van der Waals surface area (Å²) in [5.74, 6) is -0.191. The van der Waals surface area contributed by atoms with E-state index in [0.717, 1.165) is 62.5 Å². The third-order valence-corrected chi connectivity index (χ3v) is 5.89. The lowest BCUT2D eigenvalue weighted by molar-refractivity contribution is 0.148. The van der Waals surface area contributed by atoms with Crippen molar-refractivity contribution in [1.82, 2.24) is 20.1 Å². The molecular formula is C26H31FN4. The first kappa shape index (κ1) is 21.6. The molecule has 31 heavy (non-hydrogen) atoms. The molecular weight excluding hydrogens is 387 g/mol. The van der Waals surface area contributed by atoms with Crippen LogP contribution in [0.4, 0.5) is 4.39 Å². The Bertz CT molecular complexity index is 948. The summed E-state index contributed by atoms with van der Waals surface area (Å²) in [6, 6.07) is 19.8. The topological polar surface area (TPSA) is 31.4 Å². The molecule has 1 aliphatic rings. The quantitative estimate of drug-likeness (QED) is 0.561. The molecule has 0 atom stereocenters. The van der Waals surface area contributed by atoms with Crippen molar-refractivity contribution in [3.8, 4) is 11.1 Å². The summed E-state index contributed by atoms with van der Waals surface area (Å²) in [6.07, 6.45) is 2.80. The highest BCUT2D eigenvalue weighted by molar-refractivity contribution is 5.62. The van der Waals surface area contributed by atoms with Gasteiger partial charge < -0.3 is 10.2 Å². The van der Waals surface area contributed by atoms with E-state index in [2.05, 4.69) is 63.5 Å². The number of pyridine rings is 1. The molecule has 1 aliphatic heterocycles. The first-order valence-electron chi connectivity index (χ1n) is 11.1. The van der Waals surface area contributed by atoms with Gasteiger partial charge in [-0.1, -0.05) is 42.5 Å². The second-order valence-electron chi connectivity index (χ2n) is 8.37. The van der Waals surface area contributed by atoms with Crippen molar-refractivity contribution < 1.29 is 4.39 Å². The van der Waals surface area contributed by atoms with Crippen LogP contribution >= 0.6 is 0 Å². The van der Waals surface area contributed by atoms with Crippen molar-refractivity contribution in [2.75, 3.05) is 39.8 Å². The lowest BCUT2D eigenvalue weighted by atomic mass is 10.0. The summed E-state index contributed by atoms with van der Waals surface area (Å²) in [5.41, 5.74) is 5.72. The Hall–Kier alpha value is -2.60. The van der Waals surface area contributed by atoms with Gasteiger partial charge in [0, 0.05) is 69.7 Å². The van der Waals surface area contributed by atoms with E-state index >= 15 is 0 Å². The zero-order valence-electron chi connectivity index (χ0n) is 18.2. The van der Waals surface area contributed by atoms with Crippen molar-refractivity contribution in [2.45, 2.75) is 19.5 Å². The Morgan fingerprint density at radius 2 is 1.68 bits per heavy atom. The van der Waals surface area contributed by atoms with Crippen LogP contribution in [0.2, 0.25) is 0 Å². The second kappa shape index (κ2) is 10.6. The Labute approximate surface area is 184 Å². The van der Waals surface area contributed by atoms with Gasteiger partial charge in [0.25, 0.3) is 0 Å². The normalized spacial score (nSPS) is 15.3. The van der Waals surface area contributed by atoms with Crippen LogP contribution < -0.4 is 5.32 Å². The molecule has 0 unspecified atom stereocenters. The van der Waals surface area contributed by atoms with Crippen LogP contribution in [0.1, 0.15) is 16.8 Å². The summed E-state index contributed by atoms with van der Waals surface area (Å²) in [4.78, 5) is 9.53. The third-order valence-electron chi connectivity index (χ3n) is 5.89. The van der Waals surface area contributed by atoms with Crippen LogP contribution in [0.25, 0.3) is 11.1 Å². The highest BCUT2D eigenvalue weighted by Gasteiger charge is 2.13. The molecule has 1 saturated heterocycles.